The number of benzene rings is 1. The molecule has 0 aliphatic carbocycles. The molecule has 1 aromatic heterocycles. The third kappa shape index (κ3) is 4.04. The first-order valence-electron chi connectivity index (χ1n) is 7.01. The van der Waals surface area contributed by atoms with Gasteiger partial charge < -0.3 is 14.8 Å². The Morgan fingerprint density at radius 1 is 1.44 bits per heavy atom. The van der Waals surface area contributed by atoms with E-state index in [-0.39, 0.29) is 28.2 Å². The number of nitrogens with one attached hydrogen (secondary N) is 1. The second kappa shape index (κ2) is 7.30. The molecule has 0 spiro atoms. The molecule has 25 heavy (non-hydrogen) atoms. The maximum absolute atomic E-state index is 12.4. The van der Waals surface area contributed by atoms with E-state index in [0.29, 0.717) is 15.7 Å². The van der Waals surface area contributed by atoms with E-state index in [4.69, 9.17) is 28.2 Å². The molecule has 0 radical (unpaired) electrons. The average Bonchev–Trinajstić information content (AvgIpc) is 3.15. The SMILES string of the molecule is O=C(CN1C(=O)/C(=C/c2ccco2)SC1=S)Nc1cc(Cl)ccc1O. The lowest BCUT2D eigenvalue weighted by Gasteiger charge is -2.14. The molecule has 1 aromatic carbocycles. The summed E-state index contributed by atoms with van der Waals surface area (Å²) in [6.07, 6.45) is 3.07. The summed E-state index contributed by atoms with van der Waals surface area (Å²) in [5.41, 5.74) is 0.161. The van der Waals surface area contributed by atoms with Crippen LogP contribution in [-0.4, -0.2) is 32.7 Å². The molecule has 2 N–H and O–H groups in total. The summed E-state index contributed by atoms with van der Waals surface area (Å²) in [6, 6.07) is 7.69. The van der Waals surface area contributed by atoms with Gasteiger partial charge in [0.25, 0.3) is 5.91 Å². The zero-order valence-corrected chi connectivity index (χ0v) is 15.0. The predicted molar refractivity (Wildman–Crippen MR) is 100 cm³/mol. The number of carbonyl (C=O) groups is 2. The van der Waals surface area contributed by atoms with Gasteiger partial charge in [0.05, 0.1) is 16.9 Å². The van der Waals surface area contributed by atoms with Crippen molar-refractivity contribution >= 4 is 63.5 Å². The number of phenolic OH excluding ortho intramolecular Hbond substituents is 1. The van der Waals surface area contributed by atoms with Crippen LogP contribution in [0, 0.1) is 0 Å². The van der Waals surface area contributed by atoms with Crippen molar-refractivity contribution in [3.63, 3.8) is 0 Å². The van der Waals surface area contributed by atoms with Gasteiger partial charge in [0.15, 0.2) is 0 Å². The maximum Gasteiger partial charge on any atom is 0.266 e. The number of rotatable bonds is 4. The van der Waals surface area contributed by atoms with Crippen LogP contribution in [0.25, 0.3) is 6.08 Å². The second-order valence-corrected chi connectivity index (χ2v) is 7.11. The Kier molecular flexibility index (Phi) is 5.12. The van der Waals surface area contributed by atoms with Gasteiger partial charge in [-0.15, -0.1) is 0 Å². The van der Waals surface area contributed by atoms with Crippen LogP contribution in [0.3, 0.4) is 0 Å². The fraction of sp³-hybridized carbons (Fsp3) is 0.0625. The van der Waals surface area contributed by atoms with Crippen molar-refractivity contribution in [1.29, 1.82) is 0 Å². The molecule has 1 aliphatic heterocycles. The molecule has 2 heterocycles. The number of thiocarbonyl (C=S) groups is 1. The highest BCUT2D eigenvalue weighted by Gasteiger charge is 2.33. The van der Waals surface area contributed by atoms with Gasteiger partial charge in [0, 0.05) is 11.1 Å². The lowest BCUT2D eigenvalue weighted by molar-refractivity contribution is -0.126. The van der Waals surface area contributed by atoms with E-state index in [1.165, 1.54) is 29.4 Å². The van der Waals surface area contributed by atoms with Crippen molar-refractivity contribution in [3.8, 4) is 5.75 Å². The molecule has 2 amide bonds. The minimum absolute atomic E-state index is 0.124. The number of furan rings is 1. The zero-order valence-electron chi connectivity index (χ0n) is 12.6. The van der Waals surface area contributed by atoms with E-state index in [1.807, 2.05) is 0 Å². The van der Waals surface area contributed by atoms with Gasteiger partial charge in [-0.05, 0) is 30.3 Å². The van der Waals surface area contributed by atoms with Gasteiger partial charge in [-0.2, -0.15) is 0 Å². The van der Waals surface area contributed by atoms with Gasteiger partial charge in [0.1, 0.15) is 22.4 Å². The van der Waals surface area contributed by atoms with Crippen LogP contribution in [0.4, 0.5) is 5.69 Å². The van der Waals surface area contributed by atoms with Crippen LogP contribution in [0.5, 0.6) is 5.75 Å². The summed E-state index contributed by atoms with van der Waals surface area (Å²) in [4.78, 5) is 26.1. The van der Waals surface area contributed by atoms with E-state index in [9.17, 15) is 14.7 Å². The molecule has 0 saturated carbocycles. The zero-order chi connectivity index (χ0) is 18.0. The minimum Gasteiger partial charge on any atom is -0.506 e. The fourth-order valence-electron chi connectivity index (χ4n) is 2.08. The Morgan fingerprint density at radius 3 is 2.96 bits per heavy atom. The smallest absolute Gasteiger partial charge is 0.266 e. The maximum atomic E-state index is 12.4. The summed E-state index contributed by atoms with van der Waals surface area (Å²) < 4.78 is 5.45. The Hall–Kier alpha value is -2.29. The van der Waals surface area contributed by atoms with Crippen LogP contribution in [0.2, 0.25) is 5.02 Å². The molecule has 128 valence electrons. The number of thioether (sulfide) groups is 1. The van der Waals surface area contributed by atoms with E-state index in [2.05, 4.69) is 5.32 Å². The number of hydrogen-bond acceptors (Lipinski definition) is 6. The Morgan fingerprint density at radius 2 is 2.24 bits per heavy atom. The van der Waals surface area contributed by atoms with Crippen LogP contribution >= 0.6 is 35.6 Å². The molecular formula is C16H11ClN2O4S2. The highest BCUT2D eigenvalue weighted by atomic mass is 35.5. The van der Waals surface area contributed by atoms with Crippen molar-refractivity contribution in [3.05, 3.63) is 52.3 Å². The quantitative estimate of drug-likeness (QED) is 0.469. The monoisotopic (exact) mass is 394 g/mol. The molecule has 2 aromatic rings. The van der Waals surface area contributed by atoms with Crippen molar-refractivity contribution in [2.45, 2.75) is 0 Å². The molecule has 0 bridgehead atoms. The van der Waals surface area contributed by atoms with Gasteiger partial charge >= 0.3 is 0 Å². The minimum atomic E-state index is -0.506. The van der Waals surface area contributed by atoms with Crippen LogP contribution in [0.15, 0.2) is 45.9 Å². The molecular weight excluding hydrogens is 384 g/mol. The topological polar surface area (TPSA) is 82.8 Å². The number of amides is 2. The normalized spacial score (nSPS) is 15.9. The number of carbonyl (C=O) groups excluding carboxylic acids is 2. The first-order chi connectivity index (χ1) is 11.9. The van der Waals surface area contributed by atoms with Crippen LogP contribution in [-0.2, 0) is 9.59 Å². The van der Waals surface area contributed by atoms with Crippen LogP contribution < -0.4 is 5.32 Å². The Labute approximate surface area is 157 Å². The van der Waals surface area contributed by atoms with E-state index in [1.54, 1.807) is 18.2 Å². The molecule has 1 fully saturated rings. The number of halogens is 1. The Bertz CT molecular complexity index is 880. The number of hydrogen-bond donors (Lipinski definition) is 2. The van der Waals surface area contributed by atoms with Crippen LogP contribution in [0.1, 0.15) is 5.76 Å². The lowest BCUT2D eigenvalue weighted by atomic mass is 10.3. The molecule has 3 rings (SSSR count). The van der Waals surface area contributed by atoms with E-state index in [0.717, 1.165) is 11.8 Å². The summed E-state index contributed by atoms with van der Waals surface area (Å²) in [7, 11) is 0. The predicted octanol–water partition coefficient (Wildman–Crippen LogP) is 3.48. The number of aromatic hydroxyl groups is 1. The highest BCUT2D eigenvalue weighted by Crippen LogP contribution is 2.33. The van der Waals surface area contributed by atoms with Crippen molar-refractivity contribution in [2.75, 3.05) is 11.9 Å². The molecule has 1 saturated heterocycles. The Balaban J connectivity index is 1.70. The number of nitrogens with zero attached hydrogens (tertiary/aromatic N) is 1. The molecule has 0 unspecified atom stereocenters. The van der Waals surface area contributed by atoms with Crippen molar-refractivity contribution in [1.82, 2.24) is 4.90 Å². The fourth-order valence-corrected chi connectivity index (χ4v) is 3.49. The summed E-state index contributed by atoms with van der Waals surface area (Å²) >= 11 is 12.1. The van der Waals surface area contributed by atoms with Crippen molar-refractivity contribution < 1.29 is 19.1 Å². The van der Waals surface area contributed by atoms with Gasteiger partial charge in [-0.3, -0.25) is 14.5 Å². The van der Waals surface area contributed by atoms with Gasteiger partial charge in [-0.1, -0.05) is 35.6 Å². The standard InChI is InChI=1S/C16H11ClN2O4S2/c17-9-3-4-12(20)11(6-9)18-14(21)8-19-15(22)13(25-16(19)24)7-10-2-1-5-23-10/h1-7,20H,8H2,(H,18,21)/b13-7-. The van der Waals surface area contributed by atoms with E-state index >= 15 is 0 Å². The highest BCUT2D eigenvalue weighted by molar-refractivity contribution is 8.26. The van der Waals surface area contributed by atoms with Gasteiger partial charge in [-0.25, -0.2) is 0 Å². The second-order valence-electron chi connectivity index (χ2n) is 4.99. The van der Waals surface area contributed by atoms with Crippen molar-refractivity contribution in [2.24, 2.45) is 0 Å². The molecule has 0 atom stereocenters. The number of phenols is 1. The average molecular weight is 395 g/mol. The third-order valence-corrected chi connectivity index (χ3v) is 4.84. The van der Waals surface area contributed by atoms with E-state index < -0.39 is 5.91 Å². The summed E-state index contributed by atoms with van der Waals surface area (Å²) in [6.45, 7) is -0.272. The first-order valence-corrected chi connectivity index (χ1v) is 8.61. The largest absolute Gasteiger partial charge is 0.506 e. The lowest BCUT2D eigenvalue weighted by Crippen LogP contribution is -2.36. The molecule has 9 heteroatoms. The third-order valence-electron chi connectivity index (χ3n) is 3.22. The molecule has 6 nitrogen and oxygen atoms in total. The summed E-state index contributed by atoms with van der Waals surface area (Å²) in [5.74, 6) is -0.486. The summed E-state index contributed by atoms with van der Waals surface area (Å²) in [5, 5.41) is 12.6. The number of anilines is 1. The first kappa shape index (κ1) is 17.5. The van der Waals surface area contributed by atoms with Gasteiger partial charge in [0.2, 0.25) is 5.91 Å². The molecule has 1 aliphatic rings.